The van der Waals surface area contributed by atoms with Crippen molar-refractivity contribution in [1.29, 1.82) is 5.26 Å². The van der Waals surface area contributed by atoms with Crippen molar-refractivity contribution in [1.82, 2.24) is 10.2 Å². The minimum Gasteiger partial charge on any atom is -0.390 e. The van der Waals surface area contributed by atoms with Gasteiger partial charge in [0.2, 0.25) is 0 Å². The average molecular weight is 263 g/mol. The standard InChI is InChI=1S/C15H25N3O/c1-3-4-5-8-17-12-14(11-16)15(19)18-9-6-13(2)7-10-18/h12-13,17H,3-10H2,1-2H3/b14-12-. The van der Waals surface area contributed by atoms with E-state index in [9.17, 15) is 4.79 Å². The van der Waals surface area contributed by atoms with Crippen molar-refractivity contribution >= 4 is 5.91 Å². The lowest BCUT2D eigenvalue weighted by Gasteiger charge is -2.30. The van der Waals surface area contributed by atoms with Gasteiger partial charge >= 0.3 is 0 Å². The van der Waals surface area contributed by atoms with Crippen LogP contribution in [0.5, 0.6) is 0 Å². The van der Waals surface area contributed by atoms with E-state index in [-0.39, 0.29) is 11.5 Å². The maximum absolute atomic E-state index is 12.2. The molecule has 0 aliphatic carbocycles. The zero-order valence-electron chi connectivity index (χ0n) is 12.1. The second-order valence-corrected chi connectivity index (χ2v) is 5.31. The fourth-order valence-corrected chi connectivity index (χ4v) is 2.18. The van der Waals surface area contributed by atoms with E-state index >= 15 is 0 Å². The zero-order valence-corrected chi connectivity index (χ0v) is 12.1. The normalized spacial score (nSPS) is 17.1. The Morgan fingerprint density at radius 3 is 2.68 bits per heavy atom. The third-order valence-electron chi connectivity index (χ3n) is 3.59. The summed E-state index contributed by atoms with van der Waals surface area (Å²) in [5.41, 5.74) is 0.228. The summed E-state index contributed by atoms with van der Waals surface area (Å²) in [7, 11) is 0. The summed E-state index contributed by atoms with van der Waals surface area (Å²) in [6.45, 7) is 6.72. The molecule has 1 heterocycles. The molecule has 106 valence electrons. The quantitative estimate of drug-likeness (QED) is 0.455. The highest BCUT2D eigenvalue weighted by molar-refractivity contribution is 5.97. The Morgan fingerprint density at radius 1 is 1.42 bits per heavy atom. The van der Waals surface area contributed by atoms with E-state index in [1.807, 2.05) is 6.07 Å². The van der Waals surface area contributed by atoms with E-state index in [1.54, 1.807) is 11.1 Å². The first kappa shape index (κ1) is 15.6. The van der Waals surface area contributed by atoms with Gasteiger partial charge in [-0.15, -0.1) is 0 Å². The van der Waals surface area contributed by atoms with Crippen LogP contribution in [0.2, 0.25) is 0 Å². The number of amides is 1. The van der Waals surface area contributed by atoms with E-state index in [1.165, 1.54) is 12.8 Å². The number of rotatable bonds is 6. The minimum atomic E-state index is -0.127. The SMILES string of the molecule is CCCCCN/C=C(/C#N)C(=O)N1CCC(C)CC1. The van der Waals surface area contributed by atoms with Crippen molar-refractivity contribution in [3.8, 4) is 6.07 Å². The van der Waals surface area contributed by atoms with Gasteiger partial charge in [0.25, 0.3) is 5.91 Å². The maximum Gasteiger partial charge on any atom is 0.265 e. The number of nitriles is 1. The summed E-state index contributed by atoms with van der Waals surface area (Å²) in [6.07, 6.45) is 7.06. The van der Waals surface area contributed by atoms with Gasteiger partial charge in [-0.2, -0.15) is 5.26 Å². The Bertz CT molecular complexity index is 349. The molecule has 1 fully saturated rings. The predicted octanol–water partition coefficient (Wildman–Crippen LogP) is 2.43. The third-order valence-corrected chi connectivity index (χ3v) is 3.59. The molecule has 1 aliphatic heterocycles. The zero-order chi connectivity index (χ0) is 14.1. The number of unbranched alkanes of at least 4 members (excludes halogenated alkanes) is 2. The molecule has 0 aromatic carbocycles. The molecule has 0 aromatic heterocycles. The first-order valence-electron chi connectivity index (χ1n) is 7.32. The lowest BCUT2D eigenvalue weighted by Crippen LogP contribution is -2.38. The number of piperidine rings is 1. The molecular weight excluding hydrogens is 238 g/mol. The summed E-state index contributed by atoms with van der Waals surface area (Å²) in [5, 5.41) is 12.1. The molecule has 4 heteroatoms. The lowest BCUT2D eigenvalue weighted by atomic mass is 9.99. The second kappa shape index (κ2) is 8.58. The van der Waals surface area contributed by atoms with E-state index in [0.717, 1.165) is 38.9 Å². The number of hydrogen-bond donors (Lipinski definition) is 1. The van der Waals surface area contributed by atoms with Gasteiger partial charge < -0.3 is 10.2 Å². The fraction of sp³-hybridized carbons (Fsp3) is 0.733. The molecule has 0 radical (unpaired) electrons. The highest BCUT2D eigenvalue weighted by atomic mass is 16.2. The molecule has 0 bridgehead atoms. The monoisotopic (exact) mass is 263 g/mol. The molecule has 0 aromatic rings. The van der Waals surface area contributed by atoms with Gasteiger partial charge in [0, 0.05) is 25.8 Å². The number of likely N-dealkylation sites (tertiary alicyclic amines) is 1. The Kier molecular flexibility index (Phi) is 7.02. The van der Waals surface area contributed by atoms with Crippen molar-refractivity contribution in [2.75, 3.05) is 19.6 Å². The third kappa shape index (κ3) is 5.34. The second-order valence-electron chi connectivity index (χ2n) is 5.31. The molecule has 0 spiro atoms. The van der Waals surface area contributed by atoms with E-state index in [2.05, 4.69) is 19.2 Å². The van der Waals surface area contributed by atoms with Crippen molar-refractivity contribution in [3.05, 3.63) is 11.8 Å². The predicted molar refractivity (Wildman–Crippen MR) is 76.2 cm³/mol. The Morgan fingerprint density at radius 2 is 2.11 bits per heavy atom. The van der Waals surface area contributed by atoms with Crippen LogP contribution in [-0.4, -0.2) is 30.4 Å². The average Bonchev–Trinajstić information content (AvgIpc) is 2.43. The number of carbonyl (C=O) groups excluding carboxylic acids is 1. The molecule has 1 aliphatic rings. The summed E-state index contributed by atoms with van der Waals surface area (Å²) in [5.74, 6) is 0.558. The highest BCUT2D eigenvalue weighted by Crippen LogP contribution is 2.17. The Hall–Kier alpha value is -1.50. The number of carbonyl (C=O) groups is 1. The van der Waals surface area contributed by atoms with Crippen LogP contribution in [0.15, 0.2) is 11.8 Å². The van der Waals surface area contributed by atoms with Gasteiger partial charge in [0.15, 0.2) is 0 Å². The van der Waals surface area contributed by atoms with Crippen molar-refractivity contribution in [2.24, 2.45) is 5.92 Å². The lowest BCUT2D eigenvalue weighted by molar-refractivity contribution is -0.128. The largest absolute Gasteiger partial charge is 0.390 e. The molecule has 0 saturated carbocycles. The molecular formula is C15H25N3O. The molecule has 1 saturated heterocycles. The van der Waals surface area contributed by atoms with E-state index in [4.69, 9.17) is 5.26 Å². The van der Waals surface area contributed by atoms with Gasteiger partial charge in [-0.1, -0.05) is 26.7 Å². The smallest absolute Gasteiger partial charge is 0.265 e. The Labute approximate surface area is 116 Å². The molecule has 1 amide bonds. The minimum absolute atomic E-state index is 0.127. The van der Waals surface area contributed by atoms with Crippen LogP contribution in [0.25, 0.3) is 0 Å². The number of nitrogens with one attached hydrogen (secondary N) is 1. The van der Waals surface area contributed by atoms with Crippen LogP contribution in [0, 0.1) is 17.2 Å². The molecule has 4 nitrogen and oxygen atoms in total. The van der Waals surface area contributed by atoms with Gasteiger partial charge in [-0.05, 0) is 25.2 Å². The fourth-order valence-electron chi connectivity index (χ4n) is 2.18. The van der Waals surface area contributed by atoms with Crippen molar-refractivity contribution in [3.63, 3.8) is 0 Å². The van der Waals surface area contributed by atoms with Crippen LogP contribution < -0.4 is 5.32 Å². The van der Waals surface area contributed by atoms with E-state index < -0.39 is 0 Å². The van der Waals surface area contributed by atoms with Crippen LogP contribution in [0.1, 0.15) is 46.0 Å². The summed E-state index contributed by atoms with van der Waals surface area (Å²) < 4.78 is 0. The van der Waals surface area contributed by atoms with Gasteiger partial charge in [-0.25, -0.2) is 0 Å². The van der Waals surface area contributed by atoms with Crippen LogP contribution in [-0.2, 0) is 4.79 Å². The number of nitrogens with zero attached hydrogens (tertiary/aromatic N) is 2. The first-order chi connectivity index (χ1) is 9.19. The molecule has 0 unspecified atom stereocenters. The van der Waals surface area contributed by atoms with Crippen LogP contribution in [0.4, 0.5) is 0 Å². The molecule has 0 atom stereocenters. The Balaban J connectivity index is 2.43. The molecule has 19 heavy (non-hydrogen) atoms. The van der Waals surface area contributed by atoms with E-state index in [0.29, 0.717) is 5.92 Å². The molecule has 1 rings (SSSR count). The topological polar surface area (TPSA) is 56.1 Å². The van der Waals surface area contributed by atoms with Gasteiger partial charge in [0.05, 0.1) is 0 Å². The first-order valence-corrected chi connectivity index (χ1v) is 7.32. The van der Waals surface area contributed by atoms with Gasteiger partial charge in [0.1, 0.15) is 11.6 Å². The molecule has 1 N–H and O–H groups in total. The summed E-state index contributed by atoms with van der Waals surface area (Å²) in [6, 6.07) is 2.01. The summed E-state index contributed by atoms with van der Waals surface area (Å²) in [4.78, 5) is 13.9. The van der Waals surface area contributed by atoms with Crippen LogP contribution in [0.3, 0.4) is 0 Å². The van der Waals surface area contributed by atoms with Crippen LogP contribution >= 0.6 is 0 Å². The van der Waals surface area contributed by atoms with Crippen molar-refractivity contribution in [2.45, 2.75) is 46.0 Å². The highest BCUT2D eigenvalue weighted by Gasteiger charge is 2.22. The maximum atomic E-state index is 12.2. The summed E-state index contributed by atoms with van der Waals surface area (Å²) >= 11 is 0. The number of hydrogen-bond acceptors (Lipinski definition) is 3. The van der Waals surface area contributed by atoms with Crippen molar-refractivity contribution < 1.29 is 4.79 Å². The van der Waals surface area contributed by atoms with Gasteiger partial charge in [-0.3, -0.25) is 4.79 Å².